The molecule has 0 unspecified atom stereocenters. The predicted molar refractivity (Wildman–Crippen MR) is 173 cm³/mol. The van der Waals surface area contributed by atoms with Gasteiger partial charge < -0.3 is 20.8 Å². The van der Waals surface area contributed by atoms with Crippen LogP contribution in [0.15, 0.2) is 119 Å². The molecule has 12 nitrogen and oxygen atoms in total. The molecule has 0 saturated carbocycles. The van der Waals surface area contributed by atoms with Crippen LogP contribution in [-0.4, -0.2) is 26.8 Å². The average molecular weight is 713 g/mol. The molecular weight excluding hydrogens is 684 g/mol. The SMILES string of the molecule is NS(=O)(=O)c1ccc(NCc2ccc([O-])c3ncccc23)cc1.NS(=O)(=O)c1ccc(NCc2ccc([O-])c3ncccc23)cc1.[Fe+2]. The Morgan fingerprint density at radius 1 is 0.553 bits per heavy atom. The molecule has 0 saturated heterocycles. The number of benzene rings is 4. The third-order valence-electron chi connectivity index (χ3n) is 6.98. The summed E-state index contributed by atoms with van der Waals surface area (Å²) in [7, 11) is -7.38. The van der Waals surface area contributed by atoms with Gasteiger partial charge in [-0.3, -0.25) is 9.97 Å². The number of nitrogens with zero attached hydrogens (tertiary/aromatic N) is 2. The molecule has 0 aliphatic carbocycles. The summed E-state index contributed by atoms with van der Waals surface area (Å²) in [5, 5.41) is 41.7. The second-order valence-electron chi connectivity index (χ2n) is 10.1. The van der Waals surface area contributed by atoms with Crippen LogP contribution in [0.25, 0.3) is 21.8 Å². The summed E-state index contributed by atoms with van der Waals surface area (Å²) in [5.41, 5.74) is 4.25. The van der Waals surface area contributed by atoms with Crippen molar-refractivity contribution in [2.45, 2.75) is 22.9 Å². The van der Waals surface area contributed by atoms with Gasteiger partial charge in [-0.2, -0.15) is 0 Å². The van der Waals surface area contributed by atoms with Crippen LogP contribution < -0.4 is 31.1 Å². The van der Waals surface area contributed by atoms with E-state index in [0.29, 0.717) is 24.1 Å². The first-order valence-corrected chi connectivity index (χ1v) is 16.8. The molecule has 0 spiro atoms. The minimum Gasteiger partial charge on any atom is -0.871 e. The maximum Gasteiger partial charge on any atom is 2.00 e. The van der Waals surface area contributed by atoms with E-state index in [1.807, 2.05) is 12.1 Å². The van der Waals surface area contributed by atoms with Crippen molar-refractivity contribution < 1.29 is 44.1 Å². The van der Waals surface area contributed by atoms with E-state index < -0.39 is 20.0 Å². The van der Waals surface area contributed by atoms with E-state index in [-0.39, 0.29) is 38.4 Å². The molecular formula is C32H28FeN6O6S2. The van der Waals surface area contributed by atoms with Gasteiger partial charge in [-0.1, -0.05) is 47.9 Å². The van der Waals surface area contributed by atoms with Crippen molar-refractivity contribution >= 4 is 53.2 Å². The number of aromatic nitrogens is 2. The Kier molecular flexibility index (Phi) is 11.0. The smallest absolute Gasteiger partial charge is 0.871 e. The number of hydrogen-bond donors (Lipinski definition) is 4. The van der Waals surface area contributed by atoms with Crippen LogP contribution in [-0.2, 0) is 50.2 Å². The molecule has 15 heteroatoms. The summed E-state index contributed by atoms with van der Waals surface area (Å²) in [4.78, 5) is 8.36. The van der Waals surface area contributed by atoms with Gasteiger partial charge in [0.15, 0.2) is 0 Å². The van der Waals surface area contributed by atoms with E-state index in [1.54, 1.807) is 60.9 Å². The summed E-state index contributed by atoms with van der Waals surface area (Å²) in [5.74, 6) is -0.219. The average Bonchev–Trinajstić information content (AvgIpc) is 3.04. The van der Waals surface area contributed by atoms with E-state index in [9.17, 15) is 27.0 Å². The molecule has 0 aliphatic rings. The number of nitrogens with one attached hydrogen (secondary N) is 2. The first kappa shape index (κ1) is 35.1. The van der Waals surface area contributed by atoms with Gasteiger partial charge in [0.1, 0.15) is 0 Å². The van der Waals surface area contributed by atoms with Crippen molar-refractivity contribution in [3.63, 3.8) is 0 Å². The Morgan fingerprint density at radius 2 is 0.915 bits per heavy atom. The topological polar surface area (TPSA) is 216 Å². The first-order chi connectivity index (χ1) is 21.9. The van der Waals surface area contributed by atoms with Gasteiger partial charge in [0, 0.05) is 47.6 Å². The van der Waals surface area contributed by atoms with E-state index in [0.717, 1.165) is 33.3 Å². The minimum absolute atomic E-state index is 0. The largest absolute Gasteiger partial charge is 2.00 e. The van der Waals surface area contributed by atoms with Crippen LogP contribution >= 0.6 is 0 Å². The number of nitrogens with two attached hydrogens (primary N) is 2. The van der Waals surface area contributed by atoms with E-state index in [4.69, 9.17) is 10.3 Å². The molecule has 0 atom stereocenters. The summed E-state index contributed by atoms with van der Waals surface area (Å²) in [6.07, 6.45) is 3.18. The maximum absolute atomic E-state index is 11.8. The van der Waals surface area contributed by atoms with E-state index >= 15 is 0 Å². The fourth-order valence-corrected chi connectivity index (χ4v) is 5.67. The van der Waals surface area contributed by atoms with Gasteiger partial charge >= 0.3 is 17.1 Å². The number of anilines is 2. The zero-order valence-electron chi connectivity index (χ0n) is 24.5. The van der Waals surface area contributed by atoms with Crippen LogP contribution in [0, 0.1) is 0 Å². The number of fused-ring (bicyclic) bond motifs is 2. The number of pyridine rings is 2. The number of sulfonamides is 2. The van der Waals surface area contributed by atoms with Crippen molar-refractivity contribution in [2.24, 2.45) is 10.3 Å². The quantitative estimate of drug-likeness (QED) is 0.169. The summed E-state index contributed by atoms with van der Waals surface area (Å²) in [6, 6.07) is 26.1. The van der Waals surface area contributed by atoms with Gasteiger partial charge in [0.25, 0.3) is 0 Å². The fraction of sp³-hybridized carbons (Fsp3) is 0.0625. The van der Waals surface area contributed by atoms with Crippen LogP contribution in [0.2, 0.25) is 0 Å². The van der Waals surface area contributed by atoms with Gasteiger partial charge in [0.2, 0.25) is 20.0 Å². The van der Waals surface area contributed by atoms with Crippen molar-refractivity contribution in [1.29, 1.82) is 0 Å². The molecule has 6 aromatic rings. The predicted octanol–water partition coefficient (Wildman–Crippen LogP) is 3.13. The standard InChI is InChI=1S/2C16H15N3O3S.Fe/c2*17-23(21,22)13-6-4-12(5-7-13)19-10-11-3-8-15(20)16-14(11)2-1-9-18-16;/h2*1-9,19-20H,10H2,(H2,17,21,22);/q;;+2/p-2. The zero-order chi connectivity index (χ0) is 32.9. The van der Waals surface area contributed by atoms with Gasteiger partial charge in [-0.05, 0) is 71.8 Å². The molecule has 2 heterocycles. The van der Waals surface area contributed by atoms with Gasteiger partial charge in [-0.25, -0.2) is 27.1 Å². The zero-order valence-corrected chi connectivity index (χ0v) is 27.2. The van der Waals surface area contributed by atoms with Crippen LogP contribution in [0.1, 0.15) is 11.1 Å². The molecule has 6 rings (SSSR count). The molecule has 0 radical (unpaired) electrons. The third kappa shape index (κ3) is 8.74. The van der Waals surface area contributed by atoms with Crippen LogP contribution in [0.4, 0.5) is 11.4 Å². The van der Waals surface area contributed by atoms with Crippen LogP contribution in [0.3, 0.4) is 0 Å². The number of hydrogen-bond acceptors (Lipinski definition) is 10. The van der Waals surface area contributed by atoms with Gasteiger partial charge in [0.05, 0.1) is 20.8 Å². The molecule has 47 heavy (non-hydrogen) atoms. The third-order valence-corrected chi connectivity index (χ3v) is 8.84. The molecule has 0 bridgehead atoms. The summed E-state index contributed by atoms with van der Waals surface area (Å²) in [6.45, 7) is 0.967. The maximum atomic E-state index is 11.8. The van der Waals surface area contributed by atoms with Crippen molar-refractivity contribution in [1.82, 2.24) is 9.97 Å². The van der Waals surface area contributed by atoms with E-state index in [1.165, 1.54) is 36.4 Å². The molecule has 6 N–H and O–H groups in total. The summed E-state index contributed by atoms with van der Waals surface area (Å²) >= 11 is 0. The molecule has 0 fully saturated rings. The second kappa shape index (κ2) is 14.8. The molecule has 4 aromatic carbocycles. The fourth-order valence-electron chi connectivity index (χ4n) is 4.64. The molecule has 0 aliphatic heterocycles. The normalized spacial score (nSPS) is 11.3. The molecule has 242 valence electrons. The van der Waals surface area contributed by atoms with Gasteiger partial charge in [-0.15, -0.1) is 0 Å². The van der Waals surface area contributed by atoms with E-state index in [2.05, 4.69) is 20.6 Å². The number of rotatable bonds is 8. The second-order valence-corrected chi connectivity index (χ2v) is 13.2. The Labute approximate surface area is 282 Å². The molecule has 2 aromatic heterocycles. The summed E-state index contributed by atoms with van der Waals surface area (Å²) < 4.78 is 44.9. The Morgan fingerprint density at radius 3 is 1.26 bits per heavy atom. The molecule has 0 amide bonds. The van der Waals surface area contributed by atoms with Crippen molar-refractivity contribution in [2.75, 3.05) is 10.6 Å². The van der Waals surface area contributed by atoms with Crippen molar-refractivity contribution in [3.8, 4) is 11.5 Å². The number of primary sulfonamides is 2. The Bertz CT molecular complexity index is 2080. The van der Waals surface area contributed by atoms with Crippen LogP contribution in [0.5, 0.6) is 11.5 Å². The first-order valence-electron chi connectivity index (χ1n) is 13.7. The Balaban J connectivity index is 0.000000208. The monoisotopic (exact) mass is 712 g/mol. The Hall–Kier alpha value is -4.76. The van der Waals surface area contributed by atoms with Crippen molar-refractivity contribution in [3.05, 3.63) is 121 Å². The minimum atomic E-state index is -3.69.